The fourth-order valence-corrected chi connectivity index (χ4v) is 2.38. The number of hydrogen-bond donors (Lipinski definition) is 2. The lowest BCUT2D eigenvalue weighted by atomic mass is 10.0. The van der Waals surface area contributed by atoms with Crippen molar-refractivity contribution in [3.8, 4) is 0 Å². The predicted molar refractivity (Wildman–Crippen MR) is 97.9 cm³/mol. The highest BCUT2D eigenvalue weighted by molar-refractivity contribution is 6.30. The number of methoxy groups -OCH3 is 1. The van der Waals surface area contributed by atoms with Gasteiger partial charge in [0.05, 0.1) is 7.11 Å². The van der Waals surface area contributed by atoms with E-state index in [1.807, 2.05) is 30.3 Å². The lowest BCUT2D eigenvalue weighted by Crippen LogP contribution is -2.49. The van der Waals surface area contributed by atoms with Gasteiger partial charge in [-0.05, 0) is 29.8 Å². The minimum Gasteiger partial charge on any atom is -0.468 e. The molecule has 0 saturated carbocycles. The van der Waals surface area contributed by atoms with Gasteiger partial charge < -0.3 is 15.4 Å². The maximum atomic E-state index is 12.4. The lowest BCUT2D eigenvalue weighted by Gasteiger charge is -2.18. The summed E-state index contributed by atoms with van der Waals surface area (Å²) >= 11 is 5.82. The molecule has 1 unspecified atom stereocenters. The van der Waals surface area contributed by atoms with Gasteiger partial charge in [-0.25, -0.2) is 0 Å². The molecule has 0 bridgehead atoms. The van der Waals surface area contributed by atoms with Crippen LogP contribution in [-0.4, -0.2) is 37.5 Å². The average molecular weight is 375 g/mol. The van der Waals surface area contributed by atoms with Gasteiger partial charge in [-0.15, -0.1) is 0 Å². The van der Waals surface area contributed by atoms with Crippen LogP contribution >= 0.6 is 11.6 Å². The third-order valence-corrected chi connectivity index (χ3v) is 3.90. The fraction of sp³-hybridized carbons (Fsp3) is 0.211. The van der Waals surface area contributed by atoms with Crippen LogP contribution in [0, 0.1) is 0 Å². The highest BCUT2D eigenvalue weighted by atomic mass is 35.5. The Bertz CT molecular complexity index is 763. The molecule has 2 rings (SSSR count). The largest absolute Gasteiger partial charge is 0.468 e. The molecular formula is C19H19ClN2O4. The van der Waals surface area contributed by atoms with Crippen LogP contribution in [0.2, 0.25) is 5.02 Å². The summed E-state index contributed by atoms with van der Waals surface area (Å²) < 4.78 is 4.51. The summed E-state index contributed by atoms with van der Waals surface area (Å²) in [4.78, 5) is 36.1. The molecule has 7 heteroatoms. The van der Waals surface area contributed by atoms with Crippen molar-refractivity contribution in [1.82, 2.24) is 10.6 Å². The Kier molecular flexibility index (Phi) is 7.17. The quantitative estimate of drug-likeness (QED) is 0.726. The molecular weight excluding hydrogens is 356 g/mol. The van der Waals surface area contributed by atoms with Gasteiger partial charge in [-0.1, -0.05) is 41.9 Å². The van der Waals surface area contributed by atoms with E-state index < -0.39 is 23.8 Å². The molecule has 0 aliphatic carbocycles. The summed E-state index contributed by atoms with van der Waals surface area (Å²) in [6, 6.07) is 14.8. The van der Waals surface area contributed by atoms with Crippen molar-refractivity contribution in [3.05, 3.63) is 70.7 Å². The number of rotatable bonds is 7. The monoisotopic (exact) mass is 374 g/mol. The minimum absolute atomic E-state index is 0.266. The van der Waals surface area contributed by atoms with Gasteiger partial charge in [-0.2, -0.15) is 0 Å². The van der Waals surface area contributed by atoms with Gasteiger partial charge >= 0.3 is 5.97 Å². The Morgan fingerprint density at radius 2 is 1.69 bits per heavy atom. The summed E-state index contributed by atoms with van der Waals surface area (Å²) in [5, 5.41) is 5.68. The van der Waals surface area contributed by atoms with Gasteiger partial charge in [0.2, 0.25) is 5.91 Å². The molecule has 6 nitrogen and oxygen atoms in total. The van der Waals surface area contributed by atoms with Crippen molar-refractivity contribution in [2.24, 2.45) is 0 Å². The average Bonchev–Trinajstić information content (AvgIpc) is 2.66. The number of nitrogens with one attached hydrogen (secondary N) is 2. The second-order valence-electron chi connectivity index (χ2n) is 5.52. The van der Waals surface area contributed by atoms with Crippen molar-refractivity contribution in [2.75, 3.05) is 13.7 Å². The van der Waals surface area contributed by atoms with Crippen molar-refractivity contribution in [3.63, 3.8) is 0 Å². The molecule has 2 N–H and O–H groups in total. The van der Waals surface area contributed by atoms with Crippen LogP contribution in [0.4, 0.5) is 0 Å². The third kappa shape index (κ3) is 5.89. The number of carbonyl (C=O) groups is 3. The molecule has 0 radical (unpaired) electrons. The van der Waals surface area contributed by atoms with E-state index in [4.69, 9.17) is 11.6 Å². The van der Waals surface area contributed by atoms with E-state index in [1.165, 1.54) is 7.11 Å². The van der Waals surface area contributed by atoms with Crippen molar-refractivity contribution < 1.29 is 19.1 Å². The van der Waals surface area contributed by atoms with Gasteiger partial charge in [0.1, 0.15) is 12.6 Å². The molecule has 2 amide bonds. The van der Waals surface area contributed by atoms with E-state index in [0.29, 0.717) is 10.6 Å². The number of amides is 2. The molecule has 0 aliphatic rings. The standard InChI is InChI=1S/C19H19ClN2O4/c1-26-17(23)12-21-19(25)16(11-13-5-3-2-4-6-13)22-18(24)14-7-9-15(20)10-8-14/h2-10,16H,11-12H2,1H3,(H,21,25)(H,22,24). The molecule has 0 aromatic heterocycles. The van der Waals surface area contributed by atoms with Crippen LogP contribution < -0.4 is 10.6 Å². The summed E-state index contributed by atoms with van der Waals surface area (Å²) in [6.07, 6.45) is 0.285. The Labute approximate surface area is 156 Å². The van der Waals surface area contributed by atoms with Gasteiger partial charge in [-0.3, -0.25) is 14.4 Å². The van der Waals surface area contributed by atoms with Crippen LogP contribution in [0.1, 0.15) is 15.9 Å². The van der Waals surface area contributed by atoms with Gasteiger partial charge in [0.15, 0.2) is 0 Å². The fourth-order valence-electron chi connectivity index (χ4n) is 2.26. The summed E-state index contributed by atoms with van der Waals surface area (Å²) in [6.45, 7) is -0.266. The maximum absolute atomic E-state index is 12.4. The second kappa shape index (κ2) is 9.58. The van der Waals surface area contributed by atoms with Crippen LogP contribution in [0.5, 0.6) is 0 Å². The van der Waals surface area contributed by atoms with Crippen LogP contribution in [0.3, 0.4) is 0 Å². The number of hydrogen-bond acceptors (Lipinski definition) is 4. The topological polar surface area (TPSA) is 84.5 Å². The lowest BCUT2D eigenvalue weighted by molar-refractivity contribution is -0.141. The first-order chi connectivity index (χ1) is 12.5. The number of esters is 1. The molecule has 2 aromatic carbocycles. The molecule has 136 valence electrons. The maximum Gasteiger partial charge on any atom is 0.325 e. The van der Waals surface area contributed by atoms with Crippen molar-refractivity contribution >= 4 is 29.4 Å². The van der Waals surface area contributed by atoms with E-state index in [2.05, 4.69) is 15.4 Å². The second-order valence-corrected chi connectivity index (χ2v) is 5.95. The van der Waals surface area contributed by atoms with Crippen LogP contribution in [-0.2, 0) is 20.7 Å². The van der Waals surface area contributed by atoms with E-state index in [1.54, 1.807) is 24.3 Å². The molecule has 26 heavy (non-hydrogen) atoms. The van der Waals surface area contributed by atoms with Gasteiger partial charge in [0, 0.05) is 17.0 Å². The molecule has 1 atom stereocenters. The van der Waals surface area contributed by atoms with E-state index in [9.17, 15) is 14.4 Å². The predicted octanol–water partition coefficient (Wildman–Crippen LogP) is 1.97. The number of benzene rings is 2. The Morgan fingerprint density at radius 1 is 1.04 bits per heavy atom. The number of ether oxygens (including phenoxy) is 1. The highest BCUT2D eigenvalue weighted by Gasteiger charge is 2.22. The summed E-state index contributed by atoms with van der Waals surface area (Å²) in [7, 11) is 1.23. The zero-order valence-electron chi connectivity index (χ0n) is 14.2. The Hall–Kier alpha value is -2.86. The smallest absolute Gasteiger partial charge is 0.325 e. The first-order valence-corrected chi connectivity index (χ1v) is 8.32. The number of halogens is 1. The molecule has 0 aliphatic heterocycles. The molecule has 0 spiro atoms. The number of carbonyl (C=O) groups excluding carboxylic acids is 3. The first-order valence-electron chi connectivity index (χ1n) is 7.94. The van der Waals surface area contributed by atoms with E-state index in [-0.39, 0.29) is 13.0 Å². The summed E-state index contributed by atoms with van der Waals surface area (Å²) in [5.41, 5.74) is 1.26. The van der Waals surface area contributed by atoms with Crippen molar-refractivity contribution in [1.29, 1.82) is 0 Å². The first kappa shape index (κ1) is 19.5. The Balaban J connectivity index is 2.11. The van der Waals surface area contributed by atoms with E-state index in [0.717, 1.165) is 5.56 Å². The van der Waals surface area contributed by atoms with Crippen LogP contribution in [0.15, 0.2) is 54.6 Å². The Morgan fingerprint density at radius 3 is 2.31 bits per heavy atom. The molecule has 0 saturated heterocycles. The highest BCUT2D eigenvalue weighted by Crippen LogP contribution is 2.10. The zero-order chi connectivity index (χ0) is 18.9. The summed E-state index contributed by atoms with van der Waals surface area (Å²) in [5.74, 6) is -1.45. The molecule has 0 heterocycles. The van der Waals surface area contributed by atoms with Crippen LogP contribution in [0.25, 0.3) is 0 Å². The minimum atomic E-state index is -0.842. The van der Waals surface area contributed by atoms with Crippen molar-refractivity contribution in [2.45, 2.75) is 12.5 Å². The third-order valence-electron chi connectivity index (χ3n) is 3.65. The van der Waals surface area contributed by atoms with Gasteiger partial charge in [0.25, 0.3) is 5.91 Å². The SMILES string of the molecule is COC(=O)CNC(=O)C(Cc1ccccc1)NC(=O)c1ccc(Cl)cc1. The normalized spacial score (nSPS) is 11.3. The molecule has 0 fully saturated rings. The zero-order valence-corrected chi connectivity index (χ0v) is 15.0. The molecule has 2 aromatic rings. The van der Waals surface area contributed by atoms with E-state index >= 15 is 0 Å².